The molecule has 0 saturated heterocycles. The van der Waals surface area contributed by atoms with Crippen LogP contribution in [0.5, 0.6) is 5.75 Å². The van der Waals surface area contributed by atoms with E-state index in [-0.39, 0.29) is 5.97 Å². The maximum atomic E-state index is 12.0. The van der Waals surface area contributed by atoms with Gasteiger partial charge >= 0.3 is 5.97 Å². The normalized spacial score (nSPS) is 10.2. The van der Waals surface area contributed by atoms with E-state index in [1.54, 1.807) is 12.1 Å². The number of esters is 1. The quantitative estimate of drug-likeness (QED) is 0.611. The average molecular weight is 305 g/mol. The first-order valence-corrected chi connectivity index (χ1v) is 6.42. The molecule has 0 radical (unpaired) electrons. The van der Waals surface area contributed by atoms with Crippen LogP contribution in [-0.4, -0.2) is 5.97 Å². The van der Waals surface area contributed by atoms with Crippen LogP contribution in [0.1, 0.15) is 21.5 Å². The van der Waals surface area contributed by atoms with Crippen LogP contribution < -0.4 is 4.74 Å². The molecule has 0 amide bonds. The molecule has 2 aromatic rings. The molecular formula is C15H13BrO2. The molecule has 0 spiro atoms. The maximum absolute atomic E-state index is 12.0. The Morgan fingerprint density at radius 1 is 1.06 bits per heavy atom. The van der Waals surface area contributed by atoms with Gasteiger partial charge < -0.3 is 4.74 Å². The zero-order chi connectivity index (χ0) is 13.1. The number of hydrogen-bond acceptors (Lipinski definition) is 2. The zero-order valence-electron chi connectivity index (χ0n) is 10.2. The number of rotatable bonds is 2. The number of carbonyl (C=O) groups is 1. The summed E-state index contributed by atoms with van der Waals surface area (Å²) in [5, 5.41) is 0. The van der Waals surface area contributed by atoms with Gasteiger partial charge in [-0.2, -0.15) is 0 Å². The van der Waals surface area contributed by atoms with Gasteiger partial charge in [-0.25, -0.2) is 4.79 Å². The summed E-state index contributed by atoms with van der Waals surface area (Å²) in [5.41, 5.74) is 2.61. The van der Waals surface area contributed by atoms with Crippen molar-refractivity contribution >= 4 is 21.9 Å². The van der Waals surface area contributed by atoms with Gasteiger partial charge in [0, 0.05) is 4.47 Å². The van der Waals surface area contributed by atoms with Crippen LogP contribution in [-0.2, 0) is 0 Å². The Morgan fingerprint density at radius 2 is 1.78 bits per heavy atom. The first kappa shape index (κ1) is 12.8. The fraction of sp³-hybridized carbons (Fsp3) is 0.133. The number of ether oxygens (including phenoxy) is 1. The molecule has 0 N–H and O–H groups in total. The van der Waals surface area contributed by atoms with Crippen LogP contribution in [0, 0.1) is 13.8 Å². The van der Waals surface area contributed by atoms with E-state index in [0.29, 0.717) is 11.3 Å². The zero-order valence-corrected chi connectivity index (χ0v) is 11.8. The summed E-state index contributed by atoms with van der Waals surface area (Å²) in [4.78, 5) is 12.0. The lowest BCUT2D eigenvalue weighted by Gasteiger charge is -2.09. The standard InChI is InChI=1S/C15H13BrO2/c1-10-6-5-9-14(11(10)2)18-15(17)12-7-3-4-8-13(12)16/h3-9H,1-2H3. The number of halogens is 1. The highest BCUT2D eigenvalue weighted by molar-refractivity contribution is 9.10. The Morgan fingerprint density at radius 3 is 2.50 bits per heavy atom. The summed E-state index contributed by atoms with van der Waals surface area (Å²) in [7, 11) is 0. The van der Waals surface area contributed by atoms with E-state index in [4.69, 9.17) is 4.74 Å². The second kappa shape index (κ2) is 5.36. The van der Waals surface area contributed by atoms with E-state index in [0.717, 1.165) is 15.6 Å². The van der Waals surface area contributed by atoms with Crippen LogP contribution in [0.4, 0.5) is 0 Å². The SMILES string of the molecule is Cc1cccc(OC(=O)c2ccccc2Br)c1C. The third-order valence-electron chi connectivity index (χ3n) is 2.85. The molecule has 0 atom stereocenters. The number of benzene rings is 2. The monoisotopic (exact) mass is 304 g/mol. The fourth-order valence-electron chi connectivity index (χ4n) is 1.62. The van der Waals surface area contributed by atoms with E-state index < -0.39 is 0 Å². The smallest absolute Gasteiger partial charge is 0.344 e. The second-order valence-electron chi connectivity index (χ2n) is 4.07. The first-order valence-electron chi connectivity index (χ1n) is 5.62. The lowest BCUT2D eigenvalue weighted by Crippen LogP contribution is -2.10. The topological polar surface area (TPSA) is 26.3 Å². The van der Waals surface area contributed by atoms with Crippen molar-refractivity contribution in [1.29, 1.82) is 0 Å². The van der Waals surface area contributed by atoms with Crippen molar-refractivity contribution in [3.8, 4) is 5.75 Å². The van der Waals surface area contributed by atoms with Gasteiger partial charge in [0.25, 0.3) is 0 Å². The maximum Gasteiger partial charge on any atom is 0.344 e. The lowest BCUT2D eigenvalue weighted by atomic mass is 10.1. The largest absolute Gasteiger partial charge is 0.423 e. The first-order chi connectivity index (χ1) is 8.59. The molecule has 0 bridgehead atoms. The predicted molar refractivity (Wildman–Crippen MR) is 75.0 cm³/mol. The third kappa shape index (κ3) is 2.62. The van der Waals surface area contributed by atoms with Gasteiger partial charge in [-0.3, -0.25) is 0 Å². The fourth-order valence-corrected chi connectivity index (χ4v) is 2.06. The van der Waals surface area contributed by atoms with Crippen molar-refractivity contribution < 1.29 is 9.53 Å². The number of hydrogen-bond donors (Lipinski definition) is 0. The third-order valence-corrected chi connectivity index (χ3v) is 3.54. The van der Waals surface area contributed by atoms with E-state index in [1.165, 1.54) is 0 Å². The van der Waals surface area contributed by atoms with Crippen LogP contribution in [0.2, 0.25) is 0 Å². The van der Waals surface area contributed by atoms with Crippen molar-refractivity contribution in [3.63, 3.8) is 0 Å². The highest BCUT2D eigenvalue weighted by Gasteiger charge is 2.13. The van der Waals surface area contributed by atoms with Crippen LogP contribution in [0.15, 0.2) is 46.9 Å². The molecular weight excluding hydrogens is 292 g/mol. The molecule has 2 nitrogen and oxygen atoms in total. The molecule has 0 fully saturated rings. The molecule has 18 heavy (non-hydrogen) atoms. The Balaban J connectivity index is 2.27. The summed E-state index contributed by atoms with van der Waals surface area (Å²) in [6.45, 7) is 3.93. The molecule has 0 unspecified atom stereocenters. The molecule has 92 valence electrons. The highest BCUT2D eigenvalue weighted by atomic mass is 79.9. The van der Waals surface area contributed by atoms with Crippen molar-refractivity contribution in [2.45, 2.75) is 13.8 Å². The van der Waals surface area contributed by atoms with Crippen LogP contribution in [0.25, 0.3) is 0 Å². The van der Waals surface area contributed by atoms with E-state index in [9.17, 15) is 4.79 Å². The molecule has 2 aromatic carbocycles. The number of aryl methyl sites for hydroxylation is 1. The van der Waals surface area contributed by atoms with Gasteiger partial charge in [-0.05, 0) is 59.1 Å². The van der Waals surface area contributed by atoms with E-state index in [2.05, 4.69) is 15.9 Å². The van der Waals surface area contributed by atoms with Gasteiger partial charge in [0.05, 0.1) is 5.56 Å². The Kier molecular flexibility index (Phi) is 3.82. The summed E-state index contributed by atoms with van der Waals surface area (Å²) < 4.78 is 6.16. The van der Waals surface area contributed by atoms with E-state index >= 15 is 0 Å². The average Bonchev–Trinajstić information content (AvgIpc) is 2.35. The molecule has 0 saturated carbocycles. The lowest BCUT2D eigenvalue weighted by molar-refractivity contribution is 0.0732. The Bertz CT molecular complexity index is 591. The van der Waals surface area contributed by atoms with Gasteiger partial charge in [0.1, 0.15) is 5.75 Å². The summed E-state index contributed by atoms with van der Waals surface area (Å²) in [6, 6.07) is 12.9. The molecule has 0 heterocycles. The van der Waals surface area contributed by atoms with Gasteiger partial charge in [0.2, 0.25) is 0 Å². The summed E-state index contributed by atoms with van der Waals surface area (Å²) in [5.74, 6) is 0.256. The van der Waals surface area contributed by atoms with Gasteiger partial charge in [0.15, 0.2) is 0 Å². The molecule has 0 aliphatic rings. The molecule has 0 aliphatic carbocycles. The van der Waals surface area contributed by atoms with E-state index in [1.807, 2.05) is 44.2 Å². The minimum absolute atomic E-state index is 0.351. The highest BCUT2D eigenvalue weighted by Crippen LogP contribution is 2.23. The Hall–Kier alpha value is -1.61. The van der Waals surface area contributed by atoms with Crippen molar-refractivity contribution in [1.82, 2.24) is 0 Å². The van der Waals surface area contributed by atoms with Crippen LogP contribution in [0.3, 0.4) is 0 Å². The minimum Gasteiger partial charge on any atom is -0.423 e. The van der Waals surface area contributed by atoms with Gasteiger partial charge in [-0.1, -0.05) is 24.3 Å². The Labute approximate surface area is 115 Å². The van der Waals surface area contributed by atoms with Gasteiger partial charge in [-0.15, -0.1) is 0 Å². The molecule has 0 aromatic heterocycles. The minimum atomic E-state index is -0.351. The molecule has 2 rings (SSSR count). The van der Waals surface area contributed by atoms with Crippen molar-refractivity contribution in [3.05, 3.63) is 63.6 Å². The number of carbonyl (C=O) groups excluding carboxylic acids is 1. The second-order valence-corrected chi connectivity index (χ2v) is 4.92. The van der Waals surface area contributed by atoms with Crippen molar-refractivity contribution in [2.24, 2.45) is 0 Å². The molecule has 0 aliphatic heterocycles. The van der Waals surface area contributed by atoms with Crippen LogP contribution >= 0.6 is 15.9 Å². The predicted octanol–water partition coefficient (Wildman–Crippen LogP) is 4.29. The summed E-state index contributed by atoms with van der Waals surface area (Å²) in [6.07, 6.45) is 0. The summed E-state index contributed by atoms with van der Waals surface area (Å²) >= 11 is 3.34. The molecule has 3 heteroatoms. The van der Waals surface area contributed by atoms with Crippen molar-refractivity contribution in [2.75, 3.05) is 0 Å².